The third kappa shape index (κ3) is 2.29. The Hall–Kier alpha value is -2.23. The van der Waals surface area contributed by atoms with Gasteiger partial charge in [0, 0.05) is 11.8 Å². The van der Waals surface area contributed by atoms with Gasteiger partial charge in [-0.1, -0.05) is 12.1 Å². The Bertz CT molecular complexity index is 680. The number of hydrogen-bond donors (Lipinski definition) is 1. The number of carboxylic acids is 1. The van der Waals surface area contributed by atoms with Gasteiger partial charge in [-0.05, 0) is 49.8 Å². The third-order valence-electron chi connectivity index (χ3n) is 3.76. The smallest absolute Gasteiger partial charge is 0.339 e. The molecule has 1 aliphatic carbocycles. The molecule has 4 heteroatoms. The molecule has 2 aromatic rings. The van der Waals surface area contributed by atoms with Crippen LogP contribution >= 0.6 is 0 Å². The minimum absolute atomic E-state index is 0.159. The molecule has 0 unspecified atom stereocenters. The van der Waals surface area contributed by atoms with Gasteiger partial charge in [-0.3, -0.25) is 0 Å². The van der Waals surface area contributed by atoms with Crippen molar-refractivity contribution in [3.8, 4) is 11.3 Å². The average Bonchev–Trinajstić information content (AvgIpc) is 2.46. The number of aromatic nitrogens is 2. The number of nitrogens with zero attached hydrogens (tertiary/aromatic N) is 2. The molecule has 1 aromatic heterocycles. The molecule has 0 radical (unpaired) electrons. The molecule has 0 amide bonds. The van der Waals surface area contributed by atoms with Crippen LogP contribution in [-0.2, 0) is 12.8 Å². The van der Waals surface area contributed by atoms with Crippen LogP contribution in [0.1, 0.15) is 40.2 Å². The van der Waals surface area contributed by atoms with E-state index in [-0.39, 0.29) is 5.56 Å². The first-order valence-electron chi connectivity index (χ1n) is 6.84. The summed E-state index contributed by atoms with van der Waals surface area (Å²) in [5.74, 6) is -0.402. The van der Waals surface area contributed by atoms with Crippen molar-refractivity contribution in [2.75, 3.05) is 0 Å². The van der Waals surface area contributed by atoms with Gasteiger partial charge in [0.1, 0.15) is 11.4 Å². The van der Waals surface area contributed by atoms with E-state index in [0.717, 1.165) is 18.4 Å². The highest BCUT2D eigenvalue weighted by molar-refractivity contribution is 5.94. The van der Waals surface area contributed by atoms with Crippen molar-refractivity contribution < 1.29 is 9.90 Å². The summed E-state index contributed by atoms with van der Waals surface area (Å²) in [6.07, 6.45) is 6.00. The minimum atomic E-state index is -0.988. The Morgan fingerprint density at radius 1 is 1.20 bits per heavy atom. The Morgan fingerprint density at radius 2 is 1.95 bits per heavy atom. The molecule has 20 heavy (non-hydrogen) atoms. The van der Waals surface area contributed by atoms with Crippen molar-refractivity contribution in [1.29, 1.82) is 0 Å². The van der Waals surface area contributed by atoms with Crippen LogP contribution in [0.2, 0.25) is 0 Å². The zero-order valence-corrected chi connectivity index (χ0v) is 11.4. The van der Waals surface area contributed by atoms with E-state index in [1.807, 2.05) is 6.07 Å². The van der Waals surface area contributed by atoms with Crippen molar-refractivity contribution in [3.05, 3.63) is 46.9 Å². The highest BCUT2D eigenvalue weighted by atomic mass is 16.4. The normalized spacial score (nSPS) is 13.8. The molecule has 0 saturated carbocycles. The van der Waals surface area contributed by atoms with Crippen molar-refractivity contribution >= 4 is 5.97 Å². The maximum Gasteiger partial charge on any atom is 0.339 e. The van der Waals surface area contributed by atoms with Crippen LogP contribution in [0.4, 0.5) is 0 Å². The lowest BCUT2D eigenvalue weighted by atomic mass is 9.89. The van der Waals surface area contributed by atoms with Gasteiger partial charge in [0.25, 0.3) is 0 Å². The molecule has 3 rings (SSSR count). The lowest BCUT2D eigenvalue weighted by Crippen LogP contribution is -2.06. The van der Waals surface area contributed by atoms with Crippen molar-refractivity contribution in [2.45, 2.75) is 32.6 Å². The van der Waals surface area contributed by atoms with E-state index in [0.29, 0.717) is 11.5 Å². The van der Waals surface area contributed by atoms with Gasteiger partial charge >= 0.3 is 5.97 Å². The molecule has 1 aromatic carbocycles. The summed E-state index contributed by atoms with van der Waals surface area (Å²) >= 11 is 0. The van der Waals surface area contributed by atoms with E-state index in [2.05, 4.69) is 22.1 Å². The maximum atomic E-state index is 11.3. The topological polar surface area (TPSA) is 63.1 Å². The van der Waals surface area contributed by atoms with Crippen molar-refractivity contribution in [1.82, 2.24) is 9.97 Å². The van der Waals surface area contributed by atoms with Crippen LogP contribution in [0, 0.1) is 6.92 Å². The predicted octanol–water partition coefficient (Wildman–Crippen LogP) is 3.03. The molecule has 1 N–H and O–H groups in total. The lowest BCUT2D eigenvalue weighted by Gasteiger charge is -2.17. The van der Waals surface area contributed by atoms with Gasteiger partial charge < -0.3 is 5.11 Å². The highest BCUT2D eigenvalue weighted by Gasteiger charge is 2.16. The molecule has 0 spiro atoms. The summed E-state index contributed by atoms with van der Waals surface area (Å²) in [6, 6.07) is 6.16. The molecule has 1 aliphatic rings. The second kappa shape index (κ2) is 5.04. The Balaban J connectivity index is 2.13. The average molecular weight is 268 g/mol. The van der Waals surface area contributed by atoms with Crippen molar-refractivity contribution in [2.24, 2.45) is 0 Å². The Labute approximate surface area is 117 Å². The standard InChI is InChI=1S/C16H16N2O2/c1-10-17-9-14(16(19)20)15(18-10)13-7-6-11-4-2-3-5-12(11)8-13/h6-9H,2-5H2,1H3,(H,19,20). The molecular formula is C16H16N2O2. The molecule has 0 atom stereocenters. The first kappa shape index (κ1) is 12.8. The summed E-state index contributed by atoms with van der Waals surface area (Å²) in [5, 5.41) is 9.28. The fourth-order valence-corrected chi connectivity index (χ4v) is 2.73. The van der Waals surface area contributed by atoms with Gasteiger partial charge in [-0.15, -0.1) is 0 Å². The maximum absolute atomic E-state index is 11.3. The van der Waals surface area contributed by atoms with Crippen LogP contribution in [0.3, 0.4) is 0 Å². The van der Waals surface area contributed by atoms with E-state index in [1.165, 1.54) is 30.2 Å². The number of hydrogen-bond acceptors (Lipinski definition) is 3. The molecule has 102 valence electrons. The first-order valence-corrected chi connectivity index (χ1v) is 6.84. The number of fused-ring (bicyclic) bond motifs is 1. The van der Waals surface area contributed by atoms with E-state index < -0.39 is 5.97 Å². The first-order chi connectivity index (χ1) is 9.65. The van der Waals surface area contributed by atoms with E-state index >= 15 is 0 Å². The van der Waals surface area contributed by atoms with Crippen LogP contribution < -0.4 is 0 Å². The zero-order valence-electron chi connectivity index (χ0n) is 11.4. The quantitative estimate of drug-likeness (QED) is 0.909. The van der Waals surface area contributed by atoms with Gasteiger partial charge in [0.15, 0.2) is 0 Å². The second-order valence-electron chi connectivity index (χ2n) is 5.18. The number of benzene rings is 1. The highest BCUT2D eigenvalue weighted by Crippen LogP contribution is 2.28. The summed E-state index contributed by atoms with van der Waals surface area (Å²) in [5.41, 5.74) is 4.24. The Kier molecular flexibility index (Phi) is 3.22. The Morgan fingerprint density at radius 3 is 2.70 bits per heavy atom. The third-order valence-corrected chi connectivity index (χ3v) is 3.76. The molecule has 1 heterocycles. The zero-order chi connectivity index (χ0) is 14.1. The number of aryl methyl sites for hydroxylation is 3. The van der Waals surface area contributed by atoms with E-state index in [9.17, 15) is 9.90 Å². The number of aromatic carboxylic acids is 1. The predicted molar refractivity (Wildman–Crippen MR) is 75.8 cm³/mol. The van der Waals surface area contributed by atoms with Gasteiger partial charge in [-0.25, -0.2) is 14.8 Å². The molecule has 0 fully saturated rings. The van der Waals surface area contributed by atoms with Gasteiger partial charge in [-0.2, -0.15) is 0 Å². The number of carbonyl (C=O) groups is 1. The van der Waals surface area contributed by atoms with Crippen LogP contribution in [0.15, 0.2) is 24.4 Å². The van der Waals surface area contributed by atoms with Crippen molar-refractivity contribution in [3.63, 3.8) is 0 Å². The van der Waals surface area contributed by atoms with E-state index in [4.69, 9.17) is 0 Å². The summed E-state index contributed by atoms with van der Waals surface area (Å²) < 4.78 is 0. The van der Waals surface area contributed by atoms with Crippen LogP contribution in [-0.4, -0.2) is 21.0 Å². The van der Waals surface area contributed by atoms with Gasteiger partial charge in [0.05, 0.1) is 5.69 Å². The molecular weight excluding hydrogens is 252 g/mol. The number of rotatable bonds is 2. The molecule has 0 bridgehead atoms. The monoisotopic (exact) mass is 268 g/mol. The summed E-state index contributed by atoms with van der Waals surface area (Å²) in [4.78, 5) is 19.6. The number of carboxylic acid groups (broad SMARTS) is 1. The molecule has 0 saturated heterocycles. The molecule has 0 aliphatic heterocycles. The largest absolute Gasteiger partial charge is 0.478 e. The SMILES string of the molecule is Cc1ncc(C(=O)O)c(-c2ccc3c(c2)CCCC3)n1. The summed E-state index contributed by atoms with van der Waals surface area (Å²) in [7, 11) is 0. The molecule has 4 nitrogen and oxygen atoms in total. The minimum Gasteiger partial charge on any atom is -0.478 e. The van der Waals surface area contributed by atoms with E-state index in [1.54, 1.807) is 6.92 Å². The summed E-state index contributed by atoms with van der Waals surface area (Å²) in [6.45, 7) is 1.77. The van der Waals surface area contributed by atoms with Crippen LogP contribution in [0.25, 0.3) is 11.3 Å². The fraction of sp³-hybridized carbons (Fsp3) is 0.312. The fourth-order valence-electron chi connectivity index (χ4n) is 2.73. The lowest BCUT2D eigenvalue weighted by molar-refractivity contribution is 0.0697. The van der Waals surface area contributed by atoms with Gasteiger partial charge in [0.2, 0.25) is 0 Å². The second-order valence-corrected chi connectivity index (χ2v) is 5.18. The van der Waals surface area contributed by atoms with Crippen LogP contribution in [0.5, 0.6) is 0 Å².